The van der Waals surface area contributed by atoms with Crippen LogP contribution in [-0.2, 0) is 0 Å². The van der Waals surface area contributed by atoms with Crippen LogP contribution in [0.4, 0.5) is 0 Å². The second kappa shape index (κ2) is 5.94. The third-order valence-corrected chi connectivity index (χ3v) is 2.53. The van der Waals surface area contributed by atoms with Crippen molar-refractivity contribution in [1.29, 1.82) is 0 Å². The normalized spacial score (nSPS) is 12.5. The summed E-state index contributed by atoms with van der Waals surface area (Å²) in [5.74, 6) is 1.50. The third kappa shape index (κ3) is 3.24. The molecule has 0 amide bonds. The SMILES string of the molecule is COc1ccc(OC)c(/C=C(C)\C(C)=N\O)c1. The Morgan fingerprint density at radius 3 is 2.47 bits per heavy atom. The van der Waals surface area contributed by atoms with E-state index >= 15 is 0 Å². The molecule has 4 nitrogen and oxygen atoms in total. The highest BCUT2D eigenvalue weighted by atomic mass is 16.5. The summed E-state index contributed by atoms with van der Waals surface area (Å²) in [5.41, 5.74) is 2.31. The lowest BCUT2D eigenvalue weighted by Gasteiger charge is -2.08. The number of oxime groups is 1. The number of benzene rings is 1. The van der Waals surface area contributed by atoms with Gasteiger partial charge < -0.3 is 14.7 Å². The minimum Gasteiger partial charge on any atom is -0.497 e. The Labute approximate surface area is 101 Å². The molecule has 17 heavy (non-hydrogen) atoms. The van der Waals surface area contributed by atoms with Crippen LogP contribution in [0.15, 0.2) is 28.9 Å². The van der Waals surface area contributed by atoms with Crippen molar-refractivity contribution in [2.45, 2.75) is 13.8 Å². The number of rotatable bonds is 4. The number of methoxy groups -OCH3 is 2. The van der Waals surface area contributed by atoms with E-state index < -0.39 is 0 Å². The van der Waals surface area contributed by atoms with Crippen LogP contribution in [0.3, 0.4) is 0 Å². The van der Waals surface area contributed by atoms with Crippen LogP contribution < -0.4 is 9.47 Å². The van der Waals surface area contributed by atoms with Crippen molar-refractivity contribution in [1.82, 2.24) is 0 Å². The van der Waals surface area contributed by atoms with Crippen LogP contribution in [0, 0.1) is 0 Å². The zero-order chi connectivity index (χ0) is 12.8. The van der Waals surface area contributed by atoms with E-state index in [2.05, 4.69) is 5.16 Å². The van der Waals surface area contributed by atoms with E-state index in [0.717, 1.165) is 22.6 Å². The first kappa shape index (κ1) is 13.1. The van der Waals surface area contributed by atoms with Gasteiger partial charge in [-0.2, -0.15) is 0 Å². The Morgan fingerprint density at radius 2 is 1.94 bits per heavy atom. The van der Waals surface area contributed by atoms with Crippen molar-refractivity contribution in [2.24, 2.45) is 5.16 Å². The Kier molecular flexibility index (Phi) is 4.57. The van der Waals surface area contributed by atoms with Crippen LogP contribution in [-0.4, -0.2) is 25.1 Å². The molecule has 0 radical (unpaired) electrons. The van der Waals surface area contributed by atoms with Gasteiger partial charge in [-0.1, -0.05) is 5.16 Å². The molecule has 0 aliphatic carbocycles. The summed E-state index contributed by atoms with van der Waals surface area (Å²) < 4.78 is 10.4. The molecule has 0 aliphatic rings. The molecule has 4 heteroatoms. The van der Waals surface area contributed by atoms with Gasteiger partial charge in [-0.05, 0) is 43.7 Å². The fourth-order valence-corrected chi connectivity index (χ4v) is 1.37. The molecule has 0 atom stereocenters. The minimum absolute atomic E-state index is 0.565. The average molecular weight is 235 g/mol. The summed E-state index contributed by atoms with van der Waals surface area (Å²) in [6.07, 6.45) is 1.89. The smallest absolute Gasteiger partial charge is 0.126 e. The summed E-state index contributed by atoms with van der Waals surface area (Å²) in [5, 5.41) is 11.9. The fraction of sp³-hybridized carbons (Fsp3) is 0.308. The predicted molar refractivity (Wildman–Crippen MR) is 68.1 cm³/mol. The molecule has 1 aromatic carbocycles. The largest absolute Gasteiger partial charge is 0.497 e. The van der Waals surface area contributed by atoms with E-state index in [-0.39, 0.29) is 0 Å². The molecular formula is C13H17NO3. The van der Waals surface area contributed by atoms with Crippen LogP contribution >= 0.6 is 0 Å². The highest BCUT2D eigenvalue weighted by molar-refractivity contribution is 6.01. The highest BCUT2D eigenvalue weighted by Crippen LogP contribution is 2.26. The maximum absolute atomic E-state index is 8.70. The maximum atomic E-state index is 8.70. The second-order valence-electron chi connectivity index (χ2n) is 3.62. The van der Waals surface area contributed by atoms with Crippen molar-refractivity contribution in [2.75, 3.05) is 14.2 Å². The lowest BCUT2D eigenvalue weighted by Crippen LogP contribution is -1.94. The first-order valence-corrected chi connectivity index (χ1v) is 5.21. The number of nitrogens with zero attached hydrogens (tertiary/aromatic N) is 1. The first-order chi connectivity index (χ1) is 8.12. The van der Waals surface area contributed by atoms with Crippen molar-refractivity contribution < 1.29 is 14.7 Å². The monoisotopic (exact) mass is 235 g/mol. The predicted octanol–water partition coefficient (Wildman–Crippen LogP) is 2.96. The molecule has 0 aromatic heterocycles. The summed E-state index contributed by atoms with van der Waals surface area (Å²) in [7, 11) is 3.23. The van der Waals surface area contributed by atoms with E-state index in [1.54, 1.807) is 21.1 Å². The standard InChI is InChI=1S/C13H17NO3/c1-9(10(2)14-15)7-11-8-12(16-3)5-6-13(11)17-4/h5-8,15H,1-4H3/b9-7-,14-10+. The number of hydrogen-bond donors (Lipinski definition) is 1. The fourth-order valence-electron chi connectivity index (χ4n) is 1.37. The Balaban J connectivity index is 3.19. The molecule has 1 aromatic rings. The Bertz CT molecular complexity index is 450. The third-order valence-electron chi connectivity index (χ3n) is 2.53. The van der Waals surface area contributed by atoms with E-state index in [4.69, 9.17) is 14.7 Å². The van der Waals surface area contributed by atoms with Gasteiger partial charge in [0.2, 0.25) is 0 Å². The van der Waals surface area contributed by atoms with Crippen molar-refractivity contribution >= 4 is 11.8 Å². The maximum Gasteiger partial charge on any atom is 0.126 e. The molecule has 0 saturated heterocycles. The molecule has 0 aliphatic heterocycles. The zero-order valence-electron chi connectivity index (χ0n) is 10.5. The molecule has 92 valence electrons. The van der Waals surface area contributed by atoms with Gasteiger partial charge in [-0.25, -0.2) is 0 Å². The second-order valence-corrected chi connectivity index (χ2v) is 3.62. The van der Waals surface area contributed by atoms with Crippen LogP contribution in [0.2, 0.25) is 0 Å². The van der Waals surface area contributed by atoms with Crippen LogP contribution in [0.25, 0.3) is 6.08 Å². The summed E-state index contributed by atoms with van der Waals surface area (Å²) >= 11 is 0. The molecule has 0 bridgehead atoms. The summed E-state index contributed by atoms with van der Waals surface area (Å²) in [6, 6.07) is 5.54. The quantitative estimate of drug-likeness (QED) is 0.496. The van der Waals surface area contributed by atoms with Crippen molar-refractivity contribution in [3.05, 3.63) is 29.3 Å². The molecule has 0 spiro atoms. The van der Waals surface area contributed by atoms with Gasteiger partial charge in [0.15, 0.2) is 0 Å². The van der Waals surface area contributed by atoms with Gasteiger partial charge in [0, 0.05) is 5.56 Å². The number of allylic oxidation sites excluding steroid dienone is 1. The van der Waals surface area contributed by atoms with E-state index in [1.165, 1.54) is 0 Å². The van der Waals surface area contributed by atoms with Gasteiger partial charge in [0.1, 0.15) is 11.5 Å². The van der Waals surface area contributed by atoms with Gasteiger partial charge in [-0.15, -0.1) is 0 Å². The summed E-state index contributed by atoms with van der Waals surface area (Å²) in [4.78, 5) is 0. The lowest BCUT2D eigenvalue weighted by atomic mass is 10.1. The van der Waals surface area contributed by atoms with Crippen molar-refractivity contribution in [3.8, 4) is 11.5 Å². The van der Waals surface area contributed by atoms with Crippen molar-refractivity contribution in [3.63, 3.8) is 0 Å². The minimum atomic E-state index is 0.565. The van der Waals surface area contributed by atoms with Crippen LogP contribution in [0.1, 0.15) is 19.4 Å². The number of hydrogen-bond acceptors (Lipinski definition) is 4. The molecule has 0 heterocycles. The highest BCUT2D eigenvalue weighted by Gasteiger charge is 2.04. The lowest BCUT2D eigenvalue weighted by molar-refractivity contribution is 0.319. The number of ether oxygens (including phenoxy) is 2. The average Bonchev–Trinajstić information content (AvgIpc) is 2.37. The van der Waals surface area contributed by atoms with Gasteiger partial charge in [0.25, 0.3) is 0 Å². The molecule has 0 unspecified atom stereocenters. The molecule has 0 saturated carbocycles. The van der Waals surface area contributed by atoms with Gasteiger partial charge >= 0.3 is 0 Å². The summed E-state index contributed by atoms with van der Waals surface area (Å²) in [6.45, 7) is 3.60. The Hall–Kier alpha value is -1.97. The zero-order valence-corrected chi connectivity index (χ0v) is 10.5. The molecule has 0 fully saturated rings. The molecular weight excluding hydrogens is 218 g/mol. The van der Waals surface area contributed by atoms with Crippen LogP contribution in [0.5, 0.6) is 11.5 Å². The van der Waals surface area contributed by atoms with E-state index in [1.807, 2.05) is 31.2 Å². The molecule has 1 N–H and O–H groups in total. The van der Waals surface area contributed by atoms with E-state index in [0.29, 0.717) is 5.71 Å². The topological polar surface area (TPSA) is 51.0 Å². The first-order valence-electron chi connectivity index (χ1n) is 5.21. The van der Waals surface area contributed by atoms with Gasteiger partial charge in [0.05, 0.1) is 19.9 Å². The van der Waals surface area contributed by atoms with Gasteiger partial charge in [-0.3, -0.25) is 0 Å². The molecule has 1 rings (SSSR count). The van der Waals surface area contributed by atoms with E-state index in [9.17, 15) is 0 Å². The Morgan fingerprint density at radius 1 is 1.24 bits per heavy atom.